The van der Waals surface area contributed by atoms with Crippen LogP contribution in [0.2, 0.25) is 0 Å². The van der Waals surface area contributed by atoms with Crippen LogP contribution in [-0.4, -0.2) is 5.11 Å². The molecule has 0 aromatic heterocycles. The standard InChI is InChI=1S/C13H18O/c1-10(13(2,3)4)9-11-5-7-12(14)8-6-11/h5-8,14H,1,9H2,2-4H3. The molecule has 0 atom stereocenters. The van der Waals surface area contributed by atoms with Crippen LogP contribution in [0.1, 0.15) is 26.3 Å². The molecular formula is C13H18O. The van der Waals surface area contributed by atoms with E-state index in [0.29, 0.717) is 5.75 Å². The fraction of sp³-hybridized carbons (Fsp3) is 0.385. The van der Waals surface area contributed by atoms with Gasteiger partial charge in [-0.2, -0.15) is 0 Å². The Bertz CT molecular complexity index is 314. The molecule has 76 valence electrons. The van der Waals surface area contributed by atoms with Gasteiger partial charge in [-0.15, -0.1) is 0 Å². The van der Waals surface area contributed by atoms with E-state index in [1.165, 1.54) is 11.1 Å². The lowest BCUT2D eigenvalue weighted by molar-refractivity contribution is 0.474. The first-order chi connectivity index (χ1) is 6.39. The molecule has 0 saturated carbocycles. The molecular weight excluding hydrogens is 172 g/mol. The van der Waals surface area contributed by atoms with Gasteiger partial charge in [0.15, 0.2) is 0 Å². The molecule has 0 fully saturated rings. The summed E-state index contributed by atoms with van der Waals surface area (Å²) in [5.74, 6) is 0.315. The minimum absolute atomic E-state index is 0.151. The lowest BCUT2D eigenvalue weighted by atomic mass is 9.84. The summed E-state index contributed by atoms with van der Waals surface area (Å²) < 4.78 is 0. The number of benzene rings is 1. The number of aromatic hydroxyl groups is 1. The molecule has 1 nitrogen and oxygen atoms in total. The van der Waals surface area contributed by atoms with Crippen molar-refractivity contribution in [2.24, 2.45) is 5.41 Å². The highest BCUT2D eigenvalue weighted by Gasteiger charge is 2.14. The summed E-state index contributed by atoms with van der Waals surface area (Å²) in [6.07, 6.45) is 0.879. The molecule has 1 heteroatoms. The minimum atomic E-state index is 0.151. The third-order valence-electron chi connectivity index (χ3n) is 2.41. The number of hydrogen-bond acceptors (Lipinski definition) is 1. The van der Waals surface area contributed by atoms with Gasteiger partial charge in [0.2, 0.25) is 0 Å². The summed E-state index contributed by atoms with van der Waals surface area (Å²) in [5, 5.41) is 9.13. The number of phenolic OH excluding ortho intramolecular Hbond substituents is 1. The molecule has 0 bridgehead atoms. The van der Waals surface area contributed by atoms with Crippen molar-refractivity contribution in [2.45, 2.75) is 27.2 Å². The third kappa shape index (κ3) is 2.91. The number of phenols is 1. The van der Waals surface area contributed by atoms with Crippen LogP contribution in [0.15, 0.2) is 36.4 Å². The van der Waals surface area contributed by atoms with E-state index in [1.54, 1.807) is 12.1 Å². The van der Waals surface area contributed by atoms with Gasteiger partial charge in [-0.05, 0) is 29.5 Å². The zero-order valence-electron chi connectivity index (χ0n) is 9.17. The predicted molar refractivity (Wildman–Crippen MR) is 60.4 cm³/mol. The molecule has 0 aliphatic carbocycles. The summed E-state index contributed by atoms with van der Waals surface area (Å²) >= 11 is 0. The van der Waals surface area contributed by atoms with E-state index in [0.717, 1.165) is 6.42 Å². The smallest absolute Gasteiger partial charge is 0.115 e. The lowest BCUT2D eigenvalue weighted by Crippen LogP contribution is -2.10. The molecule has 0 saturated heterocycles. The Morgan fingerprint density at radius 2 is 1.71 bits per heavy atom. The zero-order chi connectivity index (χ0) is 10.8. The first-order valence-corrected chi connectivity index (χ1v) is 4.86. The van der Waals surface area contributed by atoms with Gasteiger partial charge < -0.3 is 5.11 Å². The van der Waals surface area contributed by atoms with E-state index < -0.39 is 0 Å². The molecule has 0 aliphatic rings. The largest absolute Gasteiger partial charge is 0.508 e. The van der Waals surface area contributed by atoms with Crippen molar-refractivity contribution in [3.05, 3.63) is 42.0 Å². The first kappa shape index (κ1) is 10.8. The van der Waals surface area contributed by atoms with Gasteiger partial charge in [-0.1, -0.05) is 45.1 Å². The zero-order valence-corrected chi connectivity index (χ0v) is 9.17. The molecule has 0 amide bonds. The maximum absolute atomic E-state index is 9.13. The molecule has 1 rings (SSSR count). The fourth-order valence-corrected chi connectivity index (χ4v) is 1.13. The van der Waals surface area contributed by atoms with Crippen molar-refractivity contribution in [3.8, 4) is 5.75 Å². The van der Waals surface area contributed by atoms with E-state index in [1.807, 2.05) is 12.1 Å². The Morgan fingerprint density at radius 1 is 1.21 bits per heavy atom. The van der Waals surface area contributed by atoms with E-state index in [9.17, 15) is 0 Å². The maximum Gasteiger partial charge on any atom is 0.115 e. The van der Waals surface area contributed by atoms with E-state index in [4.69, 9.17) is 5.11 Å². The van der Waals surface area contributed by atoms with E-state index in [-0.39, 0.29) is 5.41 Å². The average molecular weight is 190 g/mol. The van der Waals surface area contributed by atoms with Crippen molar-refractivity contribution >= 4 is 0 Å². The van der Waals surface area contributed by atoms with Crippen molar-refractivity contribution in [1.29, 1.82) is 0 Å². The van der Waals surface area contributed by atoms with Crippen LogP contribution in [0.5, 0.6) is 5.75 Å². The van der Waals surface area contributed by atoms with E-state index in [2.05, 4.69) is 27.4 Å². The topological polar surface area (TPSA) is 20.2 Å². The van der Waals surface area contributed by atoms with Gasteiger partial charge in [0, 0.05) is 0 Å². The van der Waals surface area contributed by atoms with Gasteiger partial charge in [-0.3, -0.25) is 0 Å². The summed E-state index contributed by atoms with van der Waals surface area (Å²) in [7, 11) is 0. The van der Waals surface area contributed by atoms with Crippen LogP contribution >= 0.6 is 0 Å². The van der Waals surface area contributed by atoms with Crippen LogP contribution in [0.4, 0.5) is 0 Å². The van der Waals surface area contributed by atoms with E-state index >= 15 is 0 Å². The summed E-state index contributed by atoms with van der Waals surface area (Å²) in [4.78, 5) is 0. The highest BCUT2D eigenvalue weighted by molar-refractivity contribution is 5.29. The molecule has 1 aromatic rings. The second-order valence-electron chi connectivity index (χ2n) is 4.70. The minimum Gasteiger partial charge on any atom is -0.508 e. The summed E-state index contributed by atoms with van der Waals surface area (Å²) in [5.41, 5.74) is 2.56. The Hall–Kier alpha value is -1.24. The van der Waals surface area contributed by atoms with Gasteiger partial charge in [-0.25, -0.2) is 0 Å². The Labute approximate surface area is 86.1 Å². The van der Waals surface area contributed by atoms with Crippen LogP contribution in [0, 0.1) is 5.41 Å². The maximum atomic E-state index is 9.13. The monoisotopic (exact) mass is 190 g/mol. The average Bonchev–Trinajstić information content (AvgIpc) is 2.07. The lowest BCUT2D eigenvalue weighted by Gasteiger charge is -2.21. The van der Waals surface area contributed by atoms with Gasteiger partial charge in [0.05, 0.1) is 0 Å². The van der Waals surface area contributed by atoms with Gasteiger partial charge in [0.1, 0.15) is 5.75 Å². The molecule has 14 heavy (non-hydrogen) atoms. The molecule has 1 N–H and O–H groups in total. The molecule has 0 heterocycles. The van der Waals surface area contributed by atoms with Crippen molar-refractivity contribution in [1.82, 2.24) is 0 Å². The van der Waals surface area contributed by atoms with Crippen molar-refractivity contribution < 1.29 is 5.11 Å². The Balaban J connectivity index is 2.71. The summed E-state index contributed by atoms with van der Waals surface area (Å²) in [6, 6.07) is 7.30. The molecule has 0 aliphatic heterocycles. The molecule has 0 unspecified atom stereocenters. The number of allylic oxidation sites excluding steroid dienone is 1. The van der Waals surface area contributed by atoms with Crippen LogP contribution in [0.25, 0.3) is 0 Å². The van der Waals surface area contributed by atoms with Crippen molar-refractivity contribution in [3.63, 3.8) is 0 Å². The quantitative estimate of drug-likeness (QED) is 0.707. The van der Waals surface area contributed by atoms with Crippen LogP contribution in [0.3, 0.4) is 0 Å². The van der Waals surface area contributed by atoms with Gasteiger partial charge >= 0.3 is 0 Å². The van der Waals surface area contributed by atoms with Gasteiger partial charge in [0.25, 0.3) is 0 Å². The SMILES string of the molecule is C=C(Cc1ccc(O)cc1)C(C)(C)C. The van der Waals surface area contributed by atoms with Crippen LogP contribution < -0.4 is 0 Å². The van der Waals surface area contributed by atoms with Crippen molar-refractivity contribution in [2.75, 3.05) is 0 Å². The molecule has 1 aromatic carbocycles. The number of rotatable bonds is 2. The Morgan fingerprint density at radius 3 is 2.14 bits per heavy atom. The van der Waals surface area contributed by atoms with Crippen LogP contribution in [-0.2, 0) is 6.42 Å². The normalized spacial score (nSPS) is 11.4. The highest BCUT2D eigenvalue weighted by atomic mass is 16.3. The summed E-state index contributed by atoms with van der Waals surface area (Å²) in [6.45, 7) is 10.6. The fourth-order valence-electron chi connectivity index (χ4n) is 1.13. The second kappa shape index (κ2) is 3.87. The first-order valence-electron chi connectivity index (χ1n) is 4.86. The third-order valence-corrected chi connectivity index (χ3v) is 2.41. The predicted octanol–water partition coefficient (Wildman–Crippen LogP) is 3.54. The highest BCUT2D eigenvalue weighted by Crippen LogP contribution is 2.26. The molecule has 0 radical (unpaired) electrons. The second-order valence-corrected chi connectivity index (χ2v) is 4.70. The molecule has 0 spiro atoms. The Kier molecular flexibility index (Phi) is 3.00. The number of hydrogen-bond donors (Lipinski definition) is 1.